The minimum atomic E-state index is -0.342. The lowest BCUT2D eigenvalue weighted by atomic mass is 10.1. The fourth-order valence-electron chi connectivity index (χ4n) is 3.66. The number of benzene rings is 2. The van der Waals surface area contributed by atoms with Crippen molar-refractivity contribution in [3.05, 3.63) is 81.2 Å². The van der Waals surface area contributed by atoms with E-state index in [-0.39, 0.29) is 24.7 Å². The highest BCUT2D eigenvalue weighted by Gasteiger charge is 2.18. The average molecular weight is 470 g/mol. The van der Waals surface area contributed by atoms with Crippen LogP contribution in [0.25, 0.3) is 16.6 Å². The van der Waals surface area contributed by atoms with E-state index in [0.717, 1.165) is 27.7 Å². The second-order valence-corrected chi connectivity index (χ2v) is 8.31. The van der Waals surface area contributed by atoms with E-state index in [1.807, 2.05) is 38.1 Å². The van der Waals surface area contributed by atoms with Gasteiger partial charge in [0.05, 0.1) is 29.2 Å². The predicted molar refractivity (Wildman–Crippen MR) is 125 cm³/mol. The van der Waals surface area contributed by atoms with Crippen LogP contribution in [0.3, 0.4) is 0 Å². The van der Waals surface area contributed by atoms with Gasteiger partial charge in [0, 0.05) is 33.4 Å². The van der Waals surface area contributed by atoms with Gasteiger partial charge >= 0.3 is 0 Å². The number of aryl methyl sites for hydroxylation is 1. The van der Waals surface area contributed by atoms with Gasteiger partial charge in [-0.1, -0.05) is 41.4 Å². The molecule has 0 atom stereocenters. The normalized spacial score (nSPS) is 11.0. The van der Waals surface area contributed by atoms with E-state index in [9.17, 15) is 9.59 Å². The standard InChI is InChI=1S/C23H21Cl2N5O2/c1-13-18(14(2)30(29-13)21-8-7-16(24)10-19(21)25)11-23(32)28-27-22(31)9-15-12-26-20-6-4-3-5-17(15)20/h3-8,10,12,26H,9,11H2,1-2H3,(H,27,31)(H,28,32). The number of H-pyrrole nitrogens is 1. The van der Waals surface area contributed by atoms with E-state index in [1.165, 1.54) is 0 Å². The van der Waals surface area contributed by atoms with Crippen molar-refractivity contribution in [2.75, 3.05) is 0 Å². The van der Waals surface area contributed by atoms with Crippen molar-refractivity contribution in [2.45, 2.75) is 26.7 Å². The van der Waals surface area contributed by atoms with Gasteiger partial charge in [-0.3, -0.25) is 20.4 Å². The summed E-state index contributed by atoms with van der Waals surface area (Å²) in [7, 11) is 0. The highest BCUT2D eigenvalue weighted by Crippen LogP contribution is 2.27. The zero-order valence-electron chi connectivity index (χ0n) is 17.5. The van der Waals surface area contributed by atoms with E-state index >= 15 is 0 Å². The number of aromatic nitrogens is 3. The first kappa shape index (κ1) is 21.9. The van der Waals surface area contributed by atoms with Crippen molar-refractivity contribution in [1.82, 2.24) is 25.6 Å². The number of aromatic amines is 1. The molecule has 7 nitrogen and oxygen atoms in total. The van der Waals surface area contributed by atoms with Crippen molar-refractivity contribution in [1.29, 1.82) is 0 Å². The monoisotopic (exact) mass is 469 g/mol. The van der Waals surface area contributed by atoms with E-state index in [1.54, 1.807) is 29.1 Å². The zero-order chi connectivity index (χ0) is 22.8. The molecule has 0 aliphatic rings. The Morgan fingerprint density at radius 1 is 1.03 bits per heavy atom. The summed E-state index contributed by atoms with van der Waals surface area (Å²) in [6.07, 6.45) is 2.01. The molecule has 0 spiro atoms. The number of hydrazine groups is 1. The molecular weight excluding hydrogens is 449 g/mol. The fraction of sp³-hybridized carbons (Fsp3) is 0.174. The van der Waals surface area contributed by atoms with E-state index < -0.39 is 0 Å². The van der Waals surface area contributed by atoms with Gasteiger partial charge < -0.3 is 4.98 Å². The van der Waals surface area contributed by atoms with Crippen LogP contribution in [0, 0.1) is 13.8 Å². The number of nitrogens with one attached hydrogen (secondary N) is 3. The minimum absolute atomic E-state index is 0.0657. The Hall–Kier alpha value is -3.29. The lowest BCUT2D eigenvalue weighted by Gasteiger charge is -2.09. The van der Waals surface area contributed by atoms with Crippen LogP contribution < -0.4 is 10.9 Å². The van der Waals surface area contributed by atoms with E-state index in [0.29, 0.717) is 21.4 Å². The first-order chi connectivity index (χ1) is 15.3. The number of halogens is 2. The van der Waals surface area contributed by atoms with Gasteiger partial charge in [0.1, 0.15) is 0 Å². The van der Waals surface area contributed by atoms with Crippen LogP contribution in [0.2, 0.25) is 10.0 Å². The molecule has 32 heavy (non-hydrogen) atoms. The van der Waals surface area contributed by atoms with Gasteiger partial charge in [0.25, 0.3) is 0 Å². The van der Waals surface area contributed by atoms with Crippen molar-refractivity contribution >= 4 is 45.9 Å². The number of hydrogen-bond acceptors (Lipinski definition) is 3. The molecule has 2 aromatic carbocycles. The Morgan fingerprint density at radius 3 is 2.50 bits per heavy atom. The predicted octanol–water partition coefficient (Wildman–Crippen LogP) is 4.21. The lowest BCUT2D eigenvalue weighted by molar-refractivity contribution is -0.128. The summed E-state index contributed by atoms with van der Waals surface area (Å²) in [5, 5.41) is 6.49. The van der Waals surface area contributed by atoms with Crippen molar-refractivity contribution in [2.24, 2.45) is 0 Å². The summed E-state index contributed by atoms with van der Waals surface area (Å²) in [4.78, 5) is 27.9. The Kier molecular flexibility index (Phi) is 6.21. The van der Waals surface area contributed by atoms with Gasteiger partial charge in [0.15, 0.2) is 0 Å². The van der Waals surface area contributed by atoms with Crippen LogP contribution in [0.4, 0.5) is 0 Å². The first-order valence-electron chi connectivity index (χ1n) is 9.96. The van der Waals surface area contributed by atoms with Crippen molar-refractivity contribution in [3.63, 3.8) is 0 Å². The Morgan fingerprint density at radius 2 is 1.75 bits per heavy atom. The SMILES string of the molecule is Cc1nn(-c2ccc(Cl)cc2Cl)c(C)c1CC(=O)NNC(=O)Cc1c[nH]c2ccccc12. The van der Waals surface area contributed by atoms with Gasteiger partial charge in [-0.05, 0) is 43.7 Å². The number of nitrogens with zero attached hydrogens (tertiary/aromatic N) is 2. The topological polar surface area (TPSA) is 91.8 Å². The van der Waals surface area contributed by atoms with Crippen LogP contribution in [-0.4, -0.2) is 26.6 Å². The summed E-state index contributed by atoms with van der Waals surface area (Å²) >= 11 is 12.3. The maximum Gasteiger partial charge on any atom is 0.242 e. The molecule has 4 aromatic rings. The second kappa shape index (κ2) is 9.06. The molecule has 4 rings (SSSR count). The Bertz CT molecular complexity index is 1330. The van der Waals surface area contributed by atoms with E-state index in [2.05, 4.69) is 20.9 Å². The highest BCUT2D eigenvalue weighted by atomic mass is 35.5. The summed E-state index contributed by atoms with van der Waals surface area (Å²) < 4.78 is 1.69. The quantitative estimate of drug-likeness (QED) is 0.382. The third-order valence-corrected chi connectivity index (χ3v) is 5.82. The lowest BCUT2D eigenvalue weighted by Crippen LogP contribution is -2.43. The molecule has 0 aliphatic heterocycles. The van der Waals surface area contributed by atoms with Crippen molar-refractivity contribution < 1.29 is 9.59 Å². The van der Waals surface area contributed by atoms with Crippen molar-refractivity contribution in [3.8, 4) is 5.69 Å². The second-order valence-electron chi connectivity index (χ2n) is 7.47. The summed E-state index contributed by atoms with van der Waals surface area (Å²) in [6.45, 7) is 3.69. The molecule has 0 saturated carbocycles. The third kappa shape index (κ3) is 4.49. The Balaban J connectivity index is 1.40. The number of rotatable bonds is 5. The summed E-state index contributed by atoms with van der Waals surface area (Å²) in [6, 6.07) is 12.9. The molecular formula is C23H21Cl2N5O2. The third-order valence-electron chi connectivity index (χ3n) is 5.28. The number of amides is 2. The summed E-state index contributed by atoms with van der Waals surface area (Å²) in [5.74, 6) is -0.648. The van der Waals surface area contributed by atoms with Crippen LogP contribution >= 0.6 is 23.2 Å². The molecule has 2 aromatic heterocycles. The average Bonchev–Trinajstić information content (AvgIpc) is 3.28. The molecule has 2 amide bonds. The molecule has 9 heteroatoms. The zero-order valence-corrected chi connectivity index (χ0v) is 19.0. The van der Waals surface area contributed by atoms with Crippen LogP contribution in [0.1, 0.15) is 22.5 Å². The summed E-state index contributed by atoms with van der Waals surface area (Å²) in [5.41, 5.74) is 9.72. The number of fused-ring (bicyclic) bond motifs is 1. The first-order valence-corrected chi connectivity index (χ1v) is 10.7. The fourth-order valence-corrected chi connectivity index (χ4v) is 4.15. The highest BCUT2D eigenvalue weighted by molar-refractivity contribution is 6.35. The number of para-hydroxylation sites is 1. The number of hydrogen-bond donors (Lipinski definition) is 3. The maximum absolute atomic E-state index is 12.5. The Labute approximate surface area is 194 Å². The molecule has 164 valence electrons. The number of carbonyl (C=O) groups excluding carboxylic acids is 2. The van der Waals surface area contributed by atoms with Gasteiger partial charge in [-0.25, -0.2) is 4.68 Å². The molecule has 0 radical (unpaired) electrons. The minimum Gasteiger partial charge on any atom is -0.361 e. The van der Waals surface area contributed by atoms with Crippen LogP contribution in [0.5, 0.6) is 0 Å². The smallest absolute Gasteiger partial charge is 0.242 e. The maximum atomic E-state index is 12.5. The number of carbonyl (C=O) groups is 2. The molecule has 3 N–H and O–H groups in total. The van der Waals surface area contributed by atoms with Gasteiger partial charge in [-0.2, -0.15) is 5.10 Å². The van der Waals surface area contributed by atoms with E-state index in [4.69, 9.17) is 23.2 Å². The van der Waals surface area contributed by atoms with Crippen LogP contribution in [-0.2, 0) is 22.4 Å². The molecule has 0 saturated heterocycles. The van der Waals surface area contributed by atoms with Gasteiger partial charge in [-0.15, -0.1) is 0 Å². The largest absolute Gasteiger partial charge is 0.361 e. The molecule has 0 unspecified atom stereocenters. The van der Waals surface area contributed by atoms with Gasteiger partial charge in [0.2, 0.25) is 11.8 Å². The molecule has 0 bridgehead atoms. The molecule has 0 aliphatic carbocycles. The molecule has 2 heterocycles. The molecule has 0 fully saturated rings. The van der Waals surface area contributed by atoms with Crippen LogP contribution in [0.15, 0.2) is 48.7 Å².